The van der Waals surface area contributed by atoms with Gasteiger partial charge in [0, 0.05) is 11.9 Å². The molecule has 2 aromatic carbocycles. The lowest BCUT2D eigenvalue weighted by Crippen LogP contribution is -2.27. The molecule has 1 atom stereocenters. The van der Waals surface area contributed by atoms with Gasteiger partial charge in [0.2, 0.25) is 0 Å². The summed E-state index contributed by atoms with van der Waals surface area (Å²) in [7, 11) is 1.58. The van der Waals surface area contributed by atoms with Gasteiger partial charge in [0.15, 0.2) is 17.1 Å². The summed E-state index contributed by atoms with van der Waals surface area (Å²) in [4.78, 5) is 12.3. The standard InChI is InChI=1S/C19H19NO3/c1-13(14-7-4-3-5-8-14)12-20-19(21)17-11-15-9-6-10-16(22-2)18(15)23-17/h3-11,13H,12H2,1-2H3,(H,20,21). The maximum atomic E-state index is 12.3. The van der Waals surface area contributed by atoms with Crippen LogP contribution in [0.5, 0.6) is 5.75 Å². The highest BCUT2D eigenvalue weighted by Gasteiger charge is 2.15. The van der Waals surface area contributed by atoms with Crippen LogP contribution in [0.4, 0.5) is 0 Å². The van der Waals surface area contributed by atoms with Crippen molar-refractivity contribution in [1.82, 2.24) is 5.32 Å². The van der Waals surface area contributed by atoms with Crippen LogP contribution in [0, 0.1) is 0 Å². The van der Waals surface area contributed by atoms with E-state index in [0.29, 0.717) is 23.6 Å². The Bertz CT molecular complexity index is 808. The predicted molar refractivity (Wildman–Crippen MR) is 90.0 cm³/mol. The molecule has 0 bridgehead atoms. The first-order valence-corrected chi connectivity index (χ1v) is 7.58. The van der Waals surface area contributed by atoms with Gasteiger partial charge in [-0.05, 0) is 23.6 Å². The molecule has 118 valence electrons. The monoisotopic (exact) mass is 309 g/mol. The zero-order chi connectivity index (χ0) is 16.2. The summed E-state index contributed by atoms with van der Waals surface area (Å²) in [5.41, 5.74) is 1.79. The van der Waals surface area contributed by atoms with Gasteiger partial charge < -0.3 is 14.5 Å². The smallest absolute Gasteiger partial charge is 0.287 e. The molecule has 1 amide bonds. The summed E-state index contributed by atoms with van der Waals surface area (Å²) in [5, 5.41) is 3.77. The number of carbonyl (C=O) groups excluding carboxylic acids is 1. The fourth-order valence-electron chi connectivity index (χ4n) is 2.54. The van der Waals surface area contributed by atoms with Crippen LogP contribution < -0.4 is 10.1 Å². The van der Waals surface area contributed by atoms with Crippen molar-refractivity contribution in [3.8, 4) is 5.75 Å². The van der Waals surface area contributed by atoms with Gasteiger partial charge >= 0.3 is 0 Å². The number of para-hydroxylation sites is 1. The first kappa shape index (κ1) is 15.2. The van der Waals surface area contributed by atoms with Crippen molar-refractivity contribution in [3.63, 3.8) is 0 Å². The molecule has 1 N–H and O–H groups in total. The average Bonchev–Trinajstić information content (AvgIpc) is 3.04. The molecule has 3 aromatic rings. The molecule has 0 spiro atoms. The van der Waals surface area contributed by atoms with Crippen LogP contribution in [0.3, 0.4) is 0 Å². The highest BCUT2D eigenvalue weighted by molar-refractivity contribution is 5.97. The zero-order valence-electron chi connectivity index (χ0n) is 13.2. The molecule has 23 heavy (non-hydrogen) atoms. The van der Waals surface area contributed by atoms with Crippen LogP contribution in [0.2, 0.25) is 0 Å². The summed E-state index contributed by atoms with van der Waals surface area (Å²) in [6.07, 6.45) is 0. The van der Waals surface area contributed by atoms with Gasteiger partial charge in [0.05, 0.1) is 7.11 Å². The van der Waals surface area contributed by atoms with E-state index in [0.717, 1.165) is 5.39 Å². The first-order chi connectivity index (χ1) is 11.2. The predicted octanol–water partition coefficient (Wildman–Crippen LogP) is 3.97. The van der Waals surface area contributed by atoms with Gasteiger partial charge in [-0.2, -0.15) is 0 Å². The molecule has 1 unspecified atom stereocenters. The van der Waals surface area contributed by atoms with Crippen molar-refractivity contribution in [1.29, 1.82) is 0 Å². The minimum Gasteiger partial charge on any atom is -0.493 e. The molecule has 0 radical (unpaired) electrons. The lowest BCUT2D eigenvalue weighted by Gasteiger charge is -2.12. The lowest BCUT2D eigenvalue weighted by molar-refractivity contribution is 0.0926. The molecule has 4 heteroatoms. The van der Waals surface area contributed by atoms with E-state index in [-0.39, 0.29) is 11.8 Å². The number of hydrogen-bond acceptors (Lipinski definition) is 3. The van der Waals surface area contributed by atoms with E-state index in [1.807, 2.05) is 36.4 Å². The topological polar surface area (TPSA) is 51.5 Å². The molecular weight excluding hydrogens is 290 g/mol. The number of furan rings is 1. The van der Waals surface area contributed by atoms with E-state index in [2.05, 4.69) is 24.4 Å². The van der Waals surface area contributed by atoms with E-state index >= 15 is 0 Å². The van der Waals surface area contributed by atoms with Crippen molar-refractivity contribution in [2.24, 2.45) is 0 Å². The van der Waals surface area contributed by atoms with E-state index in [9.17, 15) is 4.79 Å². The third-order valence-electron chi connectivity index (χ3n) is 3.89. The average molecular weight is 309 g/mol. The fraction of sp³-hybridized carbons (Fsp3) is 0.211. The second-order valence-electron chi connectivity index (χ2n) is 5.51. The van der Waals surface area contributed by atoms with Crippen molar-refractivity contribution in [2.45, 2.75) is 12.8 Å². The number of benzene rings is 2. The third-order valence-corrected chi connectivity index (χ3v) is 3.89. The minimum absolute atomic E-state index is 0.217. The summed E-state index contributed by atoms with van der Waals surface area (Å²) < 4.78 is 10.9. The van der Waals surface area contributed by atoms with Crippen molar-refractivity contribution in [2.75, 3.05) is 13.7 Å². The number of rotatable bonds is 5. The molecule has 0 saturated heterocycles. The quantitative estimate of drug-likeness (QED) is 0.775. The molecule has 0 fully saturated rings. The summed E-state index contributed by atoms with van der Waals surface area (Å²) in [5.74, 6) is 0.939. The molecule has 3 rings (SSSR count). The maximum Gasteiger partial charge on any atom is 0.287 e. The van der Waals surface area contributed by atoms with Gasteiger partial charge in [-0.3, -0.25) is 4.79 Å². The Morgan fingerprint density at radius 2 is 1.96 bits per heavy atom. The third kappa shape index (κ3) is 3.21. The van der Waals surface area contributed by atoms with E-state index in [1.54, 1.807) is 13.2 Å². The Balaban J connectivity index is 1.71. The van der Waals surface area contributed by atoms with E-state index in [4.69, 9.17) is 9.15 Å². The number of carbonyl (C=O) groups is 1. The second-order valence-corrected chi connectivity index (χ2v) is 5.51. The number of amides is 1. The molecular formula is C19H19NO3. The Morgan fingerprint density at radius 1 is 1.17 bits per heavy atom. The Morgan fingerprint density at radius 3 is 2.70 bits per heavy atom. The van der Waals surface area contributed by atoms with Gasteiger partial charge in [-0.1, -0.05) is 49.4 Å². The van der Waals surface area contributed by atoms with Crippen molar-refractivity contribution in [3.05, 3.63) is 65.9 Å². The van der Waals surface area contributed by atoms with E-state index in [1.165, 1.54) is 5.56 Å². The number of nitrogens with one attached hydrogen (secondary N) is 1. The van der Waals surface area contributed by atoms with Gasteiger partial charge in [0.25, 0.3) is 5.91 Å². The van der Waals surface area contributed by atoms with Crippen LogP contribution in [-0.4, -0.2) is 19.6 Å². The van der Waals surface area contributed by atoms with Crippen molar-refractivity contribution < 1.29 is 13.9 Å². The molecule has 1 heterocycles. The fourth-order valence-corrected chi connectivity index (χ4v) is 2.54. The number of ether oxygens (including phenoxy) is 1. The van der Waals surface area contributed by atoms with Crippen LogP contribution in [0.1, 0.15) is 29.0 Å². The minimum atomic E-state index is -0.217. The highest BCUT2D eigenvalue weighted by Crippen LogP contribution is 2.28. The zero-order valence-corrected chi connectivity index (χ0v) is 13.2. The second kappa shape index (κ2) is 6.57. The largest absolute Gasteiger partial charge is 0.493 e. The molecule has 0 aliphatic rings. The van der Waals surface area contributed by atoms with Crippen LogP contribution >= 0.6 is 0 Å². The van der Waals surface area contributed by atoms with Crippen LogP contribution in [0.25, 0.3) is 11.0 Å². The van der Waals surface area contributed by atoms with Crippen LogP contribution in [-0.2, 0) is 0 Å². The van der Waals surface area contributed by atoms with Gasteiger partial charge in [-0.25, -0.2) is 0 Å². The molecule has 0 aliphatic heterocycles. The maximum absolute atomic E-state index is 12.3. The normalized spacial score (nSPS) is 12.1. The lowest BCUT2D eigenvalue weighted by atomic mass is 10.0. The molecule has 4 nitrogen and oxygen atoms in total. The van der Waals surface area contributed by atoms with Gasteiger partial charge in [-0.15, -0.1) is 0 Å². The Kier molecular flexibility index (Phi) is 4.33. The molecule has 1 aromatic heterocycles. The molecule has 0 aliphatic carbocycles. The summed E-state index contributed by atoms with van der Waals surface area (Å²) in [6, 6.07) is 17.4. The highest BCUT2D eigenvalue weighted by atomic mass is 16.5. The number of methoxy groups -OCH3 is 1. The molecule has 0 saturated carbocycles. The SMILES string of the molecule is COc1cccc2cc(C(=O)NCC(C)c3ccccc3)oc12. The Hall–Kier alpha value is -2.75. The summed E-state index contributed by atoms with van der Waals surface area (Å²) >= 11 is 0. The summed E-state index contributed by atoms with van der Waals surface area (Å²) in [6.45, 7) is 2.63. The number of fused-ring (bicyclic) bond motifs is 1. The number of hydrogen-bond donors (Lipinski definition) is 1. The van der Waals surface area contributed by atoms with Crippen LogP contribution in [0.15, 0.2) is 59.0 Å². The first-order valence-electron chi connectivity index (χ1n) is 7.58. The van der Waals surface area contributed by atoms with Crippen molar-refractivity contribution >= 4 is 16.9 Å². The Labute approximate surface area is 135 Å². The van der Waals surface area contributed by atoms with Gasteiger partial charge in [0.1, 0.15) is 0 Å². The van der Waals surface area contributed by atoms with E-state index < -0.39 is 0 Å².